The molecule has 7 nitrogen and oxygen atoms in total. The summed E-state index contributed by atoms with van der Waals surface area (Å²) in [7, 11) is 0. The molecule has 1 aromatic carbocycles. The molecule has 7 heteroatoms. The highest BCUT2D eigenvalue weighted by atomic mass is 16.6. The Balaban J connectivity index is 1.36. The van der Waals surface area contributed by atoms with E-state index in [1.54, 1.807) is 0 Å². The molecule has 2 aliphatic heterocycles. The number of aryl methyl sites for hydroxylation is 1. The lowest BCUT2D eigenvalue weighted by molar-refractivity contribution is -0.155. The van der Waals surface area contributed by atoms with Gasteiger partial charge in [-0.2, -0.15) is 5.10 Å². The molecule has 0 aliphatic carbocycles. The number of piperidine rings is 1. The third kappa shape index (κ3) is 4.48. The van der Waals surface area contributed by atoms with Gasteiger partial charge in [-0.15, -0.1) is 6.58 Å². The molecule has 32 heavy (non-hydrogen) atoms. The van der Waals surface area contributed by atoms with Gasteiger partial charge in [0.2, 0.25) is 0 Å². The molecule has 3 heterocycles. The summed E-state index contributed by atoms with van der Waals surface area (Å²) in [5.74, 6) is -0.722. The monoisotopic (exact) mass is 436 g/mol. The molecule has 2 aromatic rings. The second-order valence-electron chi connectivity index (χ2n) is 9.08. The molecule has 0 saturated carbocycles. The predicted octanol–water partition coefficient (Wildman–Crippen LogP) is 3.94. The molecule has 0 amide bonds. The van der Waals surface area contributed by atoms with Crippen molar-refractivity contribution in [1.82, 2.24) is 14.7 Å². The van der Waals surface area contributed by atoms with E-state index >= 15 is 0 Å². The second kappa shape index (κ2) is 9.28. The van der Waals surface area contributed by atoms with Crippen molar-refractivity contribution in [3.05, 3.63) is 65.5 Å². The van der Waals surface area contributed by atoms with Crippen LogP contribution in [0, 0.1) is 19.3 Å². The minimum absolute atomic E-state index is 0.188. The zero-order valence-corrected chi connectivity index (χ0v) is 19.0. The molecule has 1 saturated heterocycles. The third-order valence-electron chi connectivity index (χ3n) is 6.98. The summed E-state index contributed by atoms with van der Waals surface area (Å²) >= 11 is 0. The molecule has 4 rings (SSSR count). The van der Waals surface area contributed by atoms with Gasteiger partial charge in [0.05, 0.1) is 23.9 Å². The molecule has 2 aliphatic rings. The van der Waals surface area contributed by atoms with E-state index in [4.69, 9.17) is 4.84 Å². The van der Waals surface area contributed by atoms with Crippen LogP contribution < -0.4 is 0 Å². The summed E-state index contributed by atoms with van der Waals surface area (Å²) in [6.45, 7) is 10.9. The highest BCUT2D eigenvalue weighted by Gasteiger charge is 2.45. The average molecular weight is 437 g/mol. The van der Waals surface area contributed by atoms with Gasteiger partial charge < -0.3 is 9.94 Å². The SMILES string of the molecule is C=CCn1ncc(CN2CCC(C[C@H]3CC(c4ccccc4C)=NO3)(C(=O)O)CC2)c1C. The molecule has 0 spiro atoms. The molecule has 1 atom stereocenters. The quantitative estimate of drug-likeness (QED) is 0.634. The molecule has 0 radical (unpaired) electrons. The van der Waals surface area contributed by atoms with Crippen LogP contribution in [0.5, 0.6) is 0 Å². The highest BCUT2D eigenvalue weighted by Crippen LogP contribution is 2.39. The normalized spacial score (nSPS) is 20.6. The van der Waals surface area contributed by atoms with Crippen molar-refractivity contribution in [2.24, 2.45) is 10.6 Å². The molecule has 0 bridgehead atoms. The van der Waals surface area contributed by atoms with Crippen LogP contribution in [0.4, 0.5) is 0 Å². The zero-order valence-electron chi connectivity index (χ0n) is 19.0. The smallest absolute Gasteiger partial charge is 0.309 e. The first kappa shape index (κ1) is 22.3. The Morgan fingerprint density at radius 1 is 1.31 bits per heavy atom. The van der Waals surface area contributed by atoms with Gasteiger partial charge in [0.1, 0.15) is 6.10 Å². The zero-order chi connectivity index (χ0) is 22.7. The first-order valence-electron chi connectivity index (χ1n) is 11.3. The van der Waals surface area contributed by atoms with Crippen LogP contribution in [0.25, 0.3) is 0 Å². The molecule has 0 unspecified atom stereocenters. The number of carboxylic acid groups (broad SMARTS) is 1. The Hall–Kier alpha value is -2.93. The number of rotatable bonds is 8. The number of nitrogens with zero attached hydrogens (tertiary/aromatic N) is 4. The Morgan fingerprint density at radius 2 is 2.06 bits per heavy atom. The van der Waals surface area contributed by atoms with Crippen LogP contribution in [0.2, 0.25) is 0 Å². The van der Waals surface area contributed by atoms with Gasteiger partial charge in [-0.1, -0.05) is 35.5 Å². The van der Waals surface area contributed by atoms with Crippen molar-refractivity contribution in [3.63, 3.8) is 0 Å². The summed E-state index contributed by atoms with van der Waals surface area (Å²) in [5, 5.41) is 18.9. The number of carboxylic acids is 1. The third-order valence-corrected chi connectivity index (χ3v) is 6.98. The number of likely N-dealkylation sites (tertiary alicyclic amines) is 1. The van der Waals surface area contributed by atoms with Gasteiger partial charge in [-0.05, 0) is 45.3 Å². The van der Waals surface area contributed by atoms with Crippen molar-refractivity contribution >= 4 is 11.7 Å². The van der Waals surface area contributed by atoms with Gasteiger partial charge in [0.15, 0.2) is 0 Å². The highest BCUT2D eigenvalue weighted by molar-refractivity contribution is 6.02. The van der Waals surface area contributed by atoms with E-state index < -0.39 is 11.4 Å². The summed E-state index contributed by atoms with van der Waals surface area (Å²) in [6, 6.07) is 8.11. The Labute approximate surface area is 189 Å². The maximum absolute atomic E-state index is 12.3. The van der Waals surface area contributed by atoms with Gasteiger partial charge in [-0.3, -0.25) is 14.4 Å². The molecule has 1 aromatic heterocycles. The number of hydrogen-bond acceptors (Lipinski definition) is 5. The van der Waals surface area contributed by atoms with Gasteiger partial charge >= 0.3 is 5.97 Å². The average Bonchev–Trinajstić information content (AvgIpc) is 3.37. The van der Waals surface area contributed by atoms with Crippen LogP contribution in [0.1, 0.15) is 48.1 Å². The maximum atomic E-state index is 12.3. The van der Waals surface area contributed by atoms with Crippen molar-refractivity contribution in [2.75, 3.05) is 13.1 Å². The minimum Gasteiger partial charge on any atom is -0.481 e. The Bertz CT molecular complexity index is 1020. The van der Waals surface area contributed by atoms with Gasteiger partial charge in [-0.25, -0.2) is 0 Å². The summed E-state index contributed by atoms with van der Waals surface area (Å²) in [4.78, 5) is 20.4. The second-order valence-corrected chi connectivity index (χ2v) is 9.08. The van der Waals surface area contributed by atoms with E-state index in [0.29, 0.717) is 32.2 Å². The van der Waals surface area contributed by atoms with Crippen LogP contribution in [0.3, 0.4) is 0 Å². The number of carbonyl (C=O) groups is 1. The fourth-order valence-electron chi connectivity index (χ4n) is 4.86. The largest absolute Gasteiger partial charge is 0.481 e. The number of hydrogen-bond donors (Lipinski definition) is 1. The van der Waals surface area contributed by atoms with Crippen molar-refractivity contribution < 1.29 is 14.7 Å². The maximum Gasteiger partial charge on any atom is 0.309 e. The number of allylic oxidation sites excluding steroid dienone is 1. The molecular formula is C25H32N4O3. The molecule has 170 valence electrons. The topological polar surface area (TPSA) is 80.0 Å². The van der Waals surface area contributed by atoms with Crippen LogP contribution in [-0.2, 0) is 22.7 Å². The van der Waals surface area contributed by atoms with E-state index in [1.165, 1.54) is 5.56 Å². The van der Waals surface area contributed by atoms with E-state index in [9.17, 15) is 9.90 Å². The number of aromatic nitrogens is 2. The lowest BCUT2D eigenvalue weighted by Crippen LogP contribution is -2.45. The summed E-state index contributed by atoms with van der Waals surface area (Å²) < 4.78 is 1.94. The standard InChI is InChI=1S/C25H32N4O3/c1-4-11-29-19(3)20(16-26-29)17-28-12-9-25(10-13-28,24(30)31)15-21-14-23(27-32-21)22-8-6-5-7-18(22)2/h4-8,16,21H,1,9-15,17H2,2-3H3,(H,30,31)/t21-/m1/s1. The fraction of sp³-hybridized carbons (Fsp3) is 0.480. The first-order valence-corrected chi connectivity index (χ1v) is 11.3. The van der Waals surface area contributed by atoms with Crippen LogP contribution in [0.15, 0.2) is 48.3 Å². The number of benzene rings is 1. The number of oxime groups is 1. The summed E-state index contributed by atoms with van der Waals surface area (Å²) in [6.07, 6.45) is 5.94. The molecular weight excluding hydrogens is 404 g/mol. The number of aliphatic carboxylic acids is 1. The first-order chi connectivity index (χ1) is 15.4. The van der Waals surface area contributed by atoms with Gasteiger partial charge in [0.25, 0.3) is 0 Å². The van der Waals surface area contributed by atoms with Gasteiger partial charge in [0, 0.05) is 36.2 Å². The van der Waals surface area contributed by atoms with E-state index in [1.807, 2.05) is 35.2 Å². The van der Waals surface area contributed by atoms with Crippen LogP contribution in [-0.4, -0.2) is 50.7 Å². The fourth-order valence-corrected chi connectivity index (χ4v) is 4.86. The van der Waals surface area contributed by atoms with E-state index in [0.717, 1.165) is 42.2 Å². The van der Waals surface area contributed by atoms with E-state index in [2.05, 4.69) is 41.6 Å². The molecule has 1 fully saturated rings. The molecule has 1 N–H and O–H groups in total. The lowest BCUT2D eigenvalue weighted by Gasteiger charge is -2.39. The minimum atomic E-state index is -0.764. The summed E-state index contributed by atoms with van der Waals surface area (Å²) in [5.41, 5.74) is 4.72. The van der Waals surface area contributed by atoms with Crippen LogP contribution >= 0.6 is 0 Å². The Kier molecular flexibility index (Phi) is 6.46. The predicted molar refractivity (Wildman–Crippen MR) is 124 cm³/mol. The Morgan fingerprint density at radius 3 is 2.75 bits per heavy atom. The lowest BCUT2D eigenvalue weighted by atomic mass is 9.73. The van der Waals surface area contributed by atoms with Crippen molar-refractivity contribution in [2.45, 2.75) is 58.7 Å². The van der Waals surface area contributed by atoms with Crippen molar-refractivity contribution in [3.8, 4) is 0 Å². The van der Waals surface area contributed by atoms with E-state index in [-0.39, 0.29) is 6.10 Å². The van der Waals surface area contributed by atoms with Crippen molar-refractivity contribution in [1.29, 1.82) is 0 Å².